The SMILES string of the molecule is O=C(CN(c1ccccc1F)S(=O)(=O)c1cccs1)NCCCSC1CCCCC1. The summed E-state index contributed by atoms with van der Waals surface area (Å²) < 4.78 is 41.3. The van der Waals surface area contributed by atoms with Gasteiger partial charge in [0.25, 0.3) is 10.0 Å². The molecule has 1 saturated carbocycles. The van der Waals surface area contributed by atoms with Gasteiger partial charge in [-0.3, -0.25) is 9.10 Å². The molecule has 0 aliphatic heterocycles. The van der Waals surface area contributed by atoms with Crippen molar-refractivity contribution in [3.63, 3.8) is 0 Å². The number of hydrogen-bond donors (Lipinski definition) is 1. The molecule has 0 atom stereocenters. The highest BCUT2D eigenvalue weighted by molar-refractivity contribution is 7.99. The van der Waals surface area contributed by atoms with E-state index in [2.05, 4.69) is 5.32 Å². The summed E-state index contributed by atoms with van der Waals surface area (Å²) in [7, 11) is -4.03. The minimum atomic E-state index is -4.03. The monoisotopic (exact) mass is 470 g/mol. The Labute approximate surface area is 186 Å². The van der Waals surface area contributed by atoms with Crippen LogP contribution in [0.1, 0.15) is 38.5 Å². The normalized spacial score (nSPS) is 15.1. The first-order chi connectivity index (χ1) is 14.5. The highest BCUT2D eigenvalue weighted by Gasteiger charge is 2.29. The first-order valence-corrected chi connectivity index (χ1v) is 13.5. The van der Waals surface area contributed by atoms with E-state index in [4.69, 9.17) is 0 Å². The average molecular weight is 471 g/mol. The third-order valence-corrected chi connectivity index (χ3v) is 9.60. The van der Waals surface area contributed by atoms with Crippen LogP contribution in [0, 0.1) is 5.82 Å². The van der Waals surface area contributed by atoms with Gasteiger partial charge in [-0.2, -0.15) is 11.8 Å². The van der Waals surface area contributed by atoms with Crippen LogP contribution in [0.4, 0.5) is 10.1 Å². The second-order valence-corrected chi connectivity index (χ2v) is 11.7. The summed E-state index contributed by atoms with van der Waals surface area (Å²) in [6.07, 6.45) is 7.31. The van der Waals surface area contributed by atoms with Crippen LogP contribution in [0.2, 0.25) is 0 Å². The van der Waals surface area contributed by atoms with Crippen molar-refractivity contribution in [3.8, 4) is 0 Å². The number of nitrogens with zero attached hydrogens (tertiary/aromatic N) is 1. The molecule has 1 amide bonds. The summed E-state index contributed by atoms with van der Waals surface area (Å²) in [6.45, 7) is 0.0135. The Morgan fingerprint density at radius 3 is 2.63 bits per heavy atom. The van der Waals surface area contributed by atoms with E-state index >= 15 is 0 Å². The molecule has 30 heavy (non-hydrogen) atoms. The predicted molar refractivity (Wildman–Crippen MR) is 122 cm³/mol. The molecule has 1 aliphatic carbocycles. The number of thioether (sulfide) groups is 1. The summed E-state index contributed by atoms with van der Waals surface area (Å²) in [4.78, 5) is 12.5. The smallest absolute Gasteiger partial charge is 0.274 e. The Hall–Kier alpha value is -1.58. The van der Waals surface area contributed by atoms with Gasteiger partial charge >= 0.3 is 0 Å². The zero-order valence-corrected chi connectivity index (χ0v) is 19.2. The van der Waals surface area contributed by atoms with Crippen molar-refractivity contribution >= 4 is 44.7 Å². The molecule has 1 aromatic heterocycles. The van der Waals surface area contributed by atoms with Crippen LogP contribution in [0.25, 0.3) is 0 Å². The first kappa shape index (κ1) is 23.1. The van der Waals surface area contributed by atoms with Gasteiger partial charge in [0, 0.05) is 11.8 Å². The van der Waals surface area contributed by atoms with Crippen molar-refractivity contribution < 1.29 is 17.6 Å². The lowest BCUT2D eigenvalue weighted by atomic mass is 10.0. The Balaban J connectivity index is 1.58. The van der Waals surface area contributed by atoms with E-state index in [1.807, 2.05) is 11.8 Å². The molecule has 1 heterocycles. The molecular formula is C21H27FN2O3S3. The van der Waals surface area contributed by atoms with Crippen LogP contribution >= 0.6 is 23.1 Å². The van der Waals surface area contributed by atoms with Gasteiger partial charge in [0.2, 0.25) is 5.91 Å². The molecule has 2 aromatic rings. The predicted octanol–water partition coefficient (Wildman–Crippen LogP) is 4.65. The second kappa shape index (κ2) is 11.2. The Kier molecular flexibility index (Phi) is 8.59. The summed E-state index contributed by atoms with van der Waals surface area (Å²) in [6, 6.07) is 8.66. The number of benzene rings is 1. The molecule has 0 radical (unpaired) electrons. The van der Waals surface area contributed by atoms with Crippen molar-refractivity contribution in [2.45, 2.75) is 48.0 Å². The molecule has 1 N–H and O–H groups in total. The number of sulfonamides is 1. The highest BCUT2D eigenvalue weighted by Crippen LogP contribution is 2.29. The highest BCUT2D eigenvalue weighted by atomic mass is 32.2. The molecule has 0 saturated heterocycles. The minimum Gasteiger partial charge on any atom is -0.354 e. The summed E-state index contributed by atoms with van der Waals surface area (Å²) in [5, 5.41) is 5.14. The van der Waals surface area contributed by atoms with Crippen LogP contribution in [0.3, 0.4) is 0 Å². The van der Waals surface area contributed by atoms with Crippen LogP contribution in [-0.4, -0.2) is 38.4 Å². The van der Waals surface area contributed by atoms with Crippen LogP contribution < -0.4 is 9.62 Å². The average Bonchev–Trinajstić information content (AvgIpc) is 3.29. The lowest BCUT2D eigenvalue weighted by Crippen LogP contribution is -2.41. The number of para-hydroxylation sites is 1. The minimum absolute atomic E-state index is 0.0717. The van der Waals surface area contributed by atoms with Gasteiger partial charge in [0.15, 0.2) is 0 Å². The van der Waals surface area contributed by atoms with Crippen LogP contribution in [0.15, 0.2) is 46.0 Å². The third-order valence-electron chi connectivity index (χ3n) is 5.00. The van der Waals surface area contributed by atoms with Crippen LogP contribution in [0.5, 0.6) is 0 Å². The van der Waals surface area contributed by atoms with E-state index in [9.17, 15) is 17.6 Å². The number of carbonyl (C=O) groups is 1. The maximum atomic E-state index is 14.4. The number of halogens is 1. The number of hydrogen-bond acceptors (Lipinski definition) is 5. The van der Waals surface area contributed by atoms with Crippen LogP contribution in [-0.2, 0) is 14.8 Å². The molecule has 9 heteroatoms. The van der Waals surface area contributed by atoms with Crippen molar-refractivity contribution in [2.75, 3.05) is 23.1 Å². The lowest BCUT2D eigenvalue weighted by molar-refractivity contribution is -0.119. The van der Waals surface area contributed by atoms with E-state index < -0.39 is 28.3 Å². The Bertz CT molecular complexity index is 913. The van der Waals surface area contributed by atoms with Gasteiger partial charge in [-0.1, -0.05) is 37.5 Å². The number of carbonyl (C=O) groups excluding carboxylic acids is 1. The number of rotatable bonds is 10. The fourth-order valence-corrected chi connectivity index (χ4v) is 7.28. The quantitative estimate of drug-likeness (QED) is 0.513. The van der Waals surface area contributed by atoms with Crippen molar-refractivity contribution in [1.82, 2.24) is 5.32 Å². The number of amides is 1. The maximum absolute atomic E-state index is 14.4. The molecule has 0 spiro atoms. The van der Waals surface area contributed by atoms with Gasteiger partial charge in [-0.25, -0.2) is 12.8 Å². The Morgan fingerprint density at radius 2 is 1.93 bits per heavy atom. The number of anilines is 1. The first-order valence-electron chi connectivity index (χ1n) is 10.2. The number of nitrogens with one attached hydrogen (secondary N) is 1. The molecule has 164 valence electrons. The molecule has 3 rings (SSSR count). The Morgan fingerprint density at radius 1 is 1.17 bits per heavy atom. The van der Waals surface area contributed by atoms with E-state index in [1.54, 1.807) is 17.5 Å². The van der Waals surface area contributed by atoms with Gasteiger partial charge in [-0.15, -0.1) is 11.3 Å². The van der Waals surface area contributed by atoms with Gasteiger partial charge in [-0.05, 0) is 48.6 Å². The standard InChI is InChI=1S/C21H27FN2O3S3/c22-18-10-4-5-11-19(18)24(30(26,27)21-12-6-14-29-21)16-20(25)23-13-7-15-28-17-8-2-1-3-9-17/h4-6,10-12,14,17H,1-3,7-9,13,15-16H2,(H,23,25). The molecule has 0 bridgehead atoms. The van der Waals surface area contributed by atoms with E-state index in [0.717, 1.165) is 33.1 Å². The molecular weight excluding hydrogens is 443 g/mol. The summed E-state index contributed by atoms with van der Waals surface area (Å²) in [5.74, 6) is -0.162. The largest absolute Gasteiger partial charge is 0.354 e. The van der Waals surface area contributed by atoms with Gasteiger partial charge in [0.1, 0.15) is 16.6 Å². The zero-order chi connectivity index (χ0) is 21.4. The second-order valence-electron chi connectivity index (χ2n) is 7.23. The fourth-order valence-electron chi connectivity index (χ4n) is 3.44. The topological polar surface area (TPSA) is 66.5 Å². The van der Waals surface area contributed by atoms with E-state index in [1.165, 1.54) is 56.4 Å². The van der Waals surface area contributed by atoms with E-state index in [0.29, 0.717) is 6.54 Å². The maximum Gasteiger partial charge on any atom is 0.274 e. The summed E-state index contributed by atoms with van der Waals surface area (Å²) in [5.41, 5.74) is -0.131. The molecule has 5 nitrogen and oxygen atoms in total. The van der Waals surface area contributed by atoms with Crippen molar-refractivity contribution in [2.24, 2.45) is 0 Å². The van der Waals surface area contributed by atoms with Gasteiger partial charge < -0.3 is 5.32 Å². The van der Waals surface area contributed by atoms with E-state index in [-0.39, 0.29) is 9.90 Å². The molecule has 0 unspecified atom stereocenters. The third kappa shape index (κ3) is 6.21. The summed E-state index contributed by atoms with van der Waals surface area (Å²) >= 11 is 3.00. The van der Waals surface area contributed by atoms with Crippen molar-refractivity contribution in [3.05, 3.63) is 47.6 Å². The van der Waals surface area contributed by atoms with Crippen molar-refractivity contribution in [1.29, 1.82) is 0 Å². The zero-order valence-electron chi connectivity index (χ0n) is 16.8. The lowest BCUT2D eigenvalue weighted by Gasteiger charge is -2.23. The number of thiophene rings is 1. The molecule has 1 aromatic carbocycles. The molecule has 1 aliphatic rings. The molecule has 1 fully saturated rings. The fraction of sp³-hybridized carbons (Fsp3) is 0.476. The van der Waals surface area contributed by atoms with Gasteiger partial charge in [0.05, 0.1) is 5.69 Å².